The summed E-state index contributed by atoms with van der Waals surface area (Å²) in [5.74, 6) is 0.377. The normalized spacial score (nSPS) is 19.2. The fourth-order valence-electron chi connectivity index (χ4n) is 1.14. The van der Waals surface area contributed by atoms with E-state index in [9.17, 15) is 4.39 Å². The summed E-state index contributed by atoms with van der Waals surface area (Å²) >= 11 is 0. The van der Waals surface area contributed by atoms with Crippen molar-refractivity contribution in [2.45, 2.75) is 31.9 Å². The van der Waals surface area contributed by atoms with Crippen molar-refractivity contribution in [2.24, 2.45) is 0 Å². The topological polar surface area (TPSA) is 25.8 Å². The van der Waals surface area contributed by atoms with Crippen LogP contribution in [0.3, 0.4) is 0 Å². The third-order valence-electron chi connectivity index (χ3n) is 2.17. The molecule has 0 spiro atoms. The number of hydrogen-bond donors (Lipinski definition) is 0. The van der Waals surface area contributed by atoms with Gasteiger partial charge < -0.3 is 0 Å². The molecule has 0 aliphatic heterocycles. The predicted molar refractivity (Wildman–Crippen MR) is 43.4 cm³/mol. The molecular weight excluding hydrogens is 155 g/mol. The fourth-order valence-corrected chi connectivity index (χ4v) is 1.14. The van der Waals surface area contributed by atoms with Gasteiger partial charge in [-0.25, -0.2) is 14.4 Å². The summed E-state index contributed by atoms with van der Waals surface area (Å²) in [6, 6.07) is 1.83. The number of aryl methyl sites for hydroxylation is 1. The summed E-state index contributed by atoms with van der Waals surface area (Å²) in [7, 11) is 0. The molecule has 12 heavy (non-hydrogen) atoms. The molecule has 1 aromatic heterocycles. The number of hydrogen-bond acceptors (Lipinski definition) is 2. The lowest BCUT2D eigenvalue weighted by Crippen LogP contribution is -2.06. The zero-order valence-electron chi connectivity index (χ0n) is 7.05. The highest BCUT2D eigenvalue weighted by Crippen LogP contribution is 2.47. The van der Waals surface area contributed by atoms with Gasteiger partial charge in [0.2, 0.25) is 0 Å². The lowest BCUT2D eigenvalue weighted by molar-refractivity contribution is 0.299. The number of aromatic nitrogens is 2. The molecule has 1 aromatic rings. The fraction of sp³-hybridized carbons (Fsp3) is 0.556. The molecule has 0 unspecified atom stereocenters. The van der Waals surface area contributed by atoms with Crippen LogP contribution in [0, 0.1) is 0 Å². The quantitative estimate of drug-likeness (QED) is 0.671. The van der Waals surface area contributed by atoms with Crippen molar-refractivity contribution in [2.75, 3.05) is 0 Å². The zero-order valence-corrected chi connectivity index (χ0v) is 7.05. The first-order valence-corrected chi connectivity index (χ1v) is 4.26. The number of nitrogens with zero attached hydrogens (tertiary/aromatic N) is 2. The predicted octanol–water partition coefficient (Wildman–Crippen LogP) is 2.00. The van der Waals surface area contributed by atoms with Gasteiger partial charge >= 0.3 is 0 Å². The minimum Gasteiger partial charge on any atom is -0.238 e. The molecular formula is C9H11FN2. The average molecular weight is 166 g/mol. The molecule has 3 heteroatoms. The van der Waals surface area contributed by atoms with E-state index in [0.717, 1.165) is 12.1 Å². The van der Waals surface area contributed by atoms with Crippen LogP contribution in [0.2, 0.25) is 0 Å². The third kappa shape index (κ3) is 1.19. The van der Waals surface area contributed by atoms with E-state index in [4.69, 9.17) is 0 Å². The Hall–Kier alpha value is -0.990. The van der Waals surface area contributed by atoms with Gasteiger partial charge in [0, 0.05) is 11.9 Å². The largest absolute Gasteiger partial charge is 0.238 e. The molecule has 1 fully saturated rings. The first kappa shape index (κ1) is 7.65. The Morgan fingerprint density at radius 1 is 1.58 bits per heavy atom. The Morgan fingerprint density at radius 3 is 2.92 bits per heavy atom. The van der Waals surface area contributed by atoms with Gasteiger partial charge in [-0.3, -0.25) is 0 Å². The minimum atomic E-state index is -1.19. The summed E-state index contributed by atoms with van der Waals surface area (Å²) in [5.41, 5.74) is -0.269. The first-order valence-electron chi connectivity index (χ1n) is 4.26. The molecule has 0 N–H and O–H groups in total. The third-order valence-corrected chi connectivity index (χ3v) is 2.17. The summed E-state index contributed by atoms with van der Waals surface area (Å²) in [4.78, 5) is 8.07. The van der Waals surface area contributed by atoms with E-state index < -0.39 is 5.67 Å². The van der Waals surface area contributed by atoms with E-state index >= 15 is 0 Å². The van der Waals surface area contributed by atoms with E-state index in [1.807, 2.05) is 13.0 Å². The first-order chi connectivity index (χ1) is 5.74. The number of alkyl halides is 1. The SMILES string of the molecule is CCc1ccnc(C2(F)CC2)n1. The van der Waals surface area contributed by atoms with Gasteiger partial charge in [-0.1, -0.05) is 6.92 Å². The number of halogens is 1. The molecule has 1 saturated carbocycles. The Labute approximate surface area is 70.9 Å². The molecule has 0 radical (unpaired) electrons. The Kier molecular flexibility index (Phi) is 1.60. The van der Waals surface area contributed by atoms with Gasteiger partial charge in [-0.15, -0.1) is 0 Å². The maximum atomic E-state index is 13.4. The maximum Gasteiger partial charge on any atom is 0.170 e. The molecule has 1 aliphatic rings. The zero-order chi connectivity index (χ0) is 8.60. The second-order valence-electron chi connectivity index (χ2n) is 3.19. The van der Waals surface area contributed by atoms with Crippen molar-refractivity contribution in [1.82, 2.24) is 9.97 Å². The molecule has 2 nitrogen and oxygen atoms in total. The van der Waals surface area contributed by atoms with Gasteiger partial charge in [0.1, 0.15) is 0 Å². The average Bonchev–Trinajstić information content (AvgIpc) is 2.85. The van der Waals surface area contributed by atoms with Crippen molar-refractivity contribution in [3.8, 4) is 0 Å². The van der Waals surface area contributed by atoms with E-state index in [0.29, 0.717) is 18.7 Å². The van der Waals surface area contributed by atoms with Crippen LogP contribution in [0.4, 0.5) is 4.39 Å². The maximum absolute atomic E-state index is 13.4. The highest BCUT2D eigenvalue weighted by Gasteiger charge is 2.47. The monoisotopic (exact) mass is 166 g/mol. The molecule has 0 atom stereocenters. The molecule has 0 saturated heterocycles. The van der Waals surface area contributed by atoms with Crippen LogP contribution in [0.1, 0.15) is 31.3 Å². The highest BCUT2D eigenvalue weighted by atomic mass is 19.1. The lowest BCUT2D eigenvalue weighted by Gasteiger charge is -2.03. The van der Waals surface area contributed by atoms with Crippen molar-refractivity contribution >= 4 is 0 Å². The molecule has 1 heterocycles. The van der Waals surface area contributed by atoms with Crippen molar-refractivity contribution in [1.29, 1.82) is 0 Å². The highest BCUT2D eigenvalue weighted by molar-refractivity contribution is 5.14. The lowest BCUT2D eigenvalue weighted by atomic mass is 10.3. The van der Waals surface area contributed by atoms with Crippen LogP contribution >= 0.6 is 0 Å². The van der Waals surface area contributed by atoms with Crippen molar-refractivity contribution < 1.29 is 4.39 Å². The molecule has 0 bridgehead atoms. The molecule has 2 rings (SSSR count). The van der Waals surface area contributed by atoms with Crippen molar-refractivity contribution in [3.05, 3.63) is 23.8 Å². The van der Waals surface area contributed by atoms with Gasteiger partial charge in [-0.05, 0) is 25.3 Å². The van der Waals surface area contributed by atoms with E-state index in [-0.39, 0.29) is 0 Å². The van der Waals surface area contributed by atoms with Gasteiger partial charge in [0.05, 0.1) is 0 Å². The minimum absolute atomic E-state index is 0.377. The van der Waals surface area contributed by atoms with Crippen LogP contribution in [0.5, 0.6) is 0 Å². The Bertz CT molecular complexity index is 294. The van der Waals surface area contributed by atoms with E-state index in [1.54, 1.807) is 6.20 Å². The van der Waals surface area contributed by atoms with Crippen LogP contribution in [0.25, 0.3) is 0 Å². The summed E-state index contributed by atoms with van der Waals surface area (Å²) in [5, 5.41) is 0. The second-order valence-corrected chi connectivity index (χ2v) is 3.19. The smallest absolute Gasteiger partial charge is 0.170 e. The molecule has 64 valence electrons. The standard InChI is InChI=1S/C9H11FN2/c1-2-7-3-6-11-8(12-7)9(10)4-5-9/h3,6H,2,4-5H2,1H3. The van der Waals surface area contributed by atoms with Gasteiger partial charge in [0.25, 0.3) is 0 Å². The van der Waals surface area contributed by atoms with Crippen molar-refractivity contribution in [3.63, 3.8) is 0 Å². The molecule has 0 amide bonds. The summed E-state index contributed by atoms with van der Waals surface area (Å²) in [6.07, 6.45) is 3.65. The Morgan fingerprint density at radius 2 is 2.33 bits per heavy atom. The van der Waals surface area contributed by atoms with Crippen LogP contribution in [0.15, 0.2) is 12.3 Å². The van der Waals surface area contributed by atoms with Crippen LogP contribution in [-0.4, -0.2) is 9.97 Å². The van der Waals surface area contributed by atoms with Crippen LogP contribution < -0.4 is 0 Å². The van der Waals surface area contributed by atoms with E-state index in [1.165, 1.54) is 0 Å². The Balaban J connectivity index is 2.32. The van der Waals surface area contributed by atoms with E-state index in [2.05, 4.69) is 9.97 Å². The summed E-state index contributed by atoms with van der Waals surface area (Å²) < 4.78 is 13.4. The van der Waals surface area contributed by atoms with Crippen LogP contribution in [-0.2, 0) is 12.1 Å². The molecule has 1 aliphatic carbocycles. The number of rotatable bonds is 2. The summed E-state index contributed by atoms with van der Waals surface area (Å²) in [6.45, 7) is 2.00. The van der Waals surface area contributed by atoms with Gasteiger partial charge in [0.15, 0.2) is 11.5 Å². The second kappa shape index (κ2) is 2.51. The van der Waals surface area contributed by atoms with Gasteiger partial charge in [-0.2, -0.15) is 0 Å². The molecule has 0 aromatic carbocycles.